The maximum absolute atomic E-state index is 11.1. The lowest BCUT2D eigenvalue weighted by Gasteiger charge is -2.03. The number of carbonyl (C=O) groups excluding carboxylic acids is 2. The normalized spacial score (nSPS) is 15.4. The summed E-state index contributed by atoms with van der Waals surface area (Å²) in [6, 6.07) is 6.68. The third-order valence-corrected chi connectivity index (χ3v) is 2.47. The molecule has 0 saturated heterocycles. The van der Waals surface area contributed by atoms with Gasteiger partial charge in [0.25, 0.3) is 5.78 Å². The summed E-state index contributed by atoms with van der Waals surface area (Å²) >= 11 is 5.68. The standard InChI is InChI=1S/C11H7ClO4/c1-15-7-4-2-6(3-5-7)10-8(12)9(13)11(14)16-10/h2-5H,1H3. The Bertz CT molecular complexity index is 487. The molecular weight excluding hydrogens is 232 g/mol. The van der Waals surface area contributed by atoms with Crippen molar-refractivity contribution < 1.29 is 19.1 Å². The smallest absolute Gasteiger partial charge is 0.386 e. The Kier molecular flexibility index (Phi) is 2.66. The SMILES string of the molecule is COc1ccc(C2=C(Cl)C(=O)C(=O)O2)cc1. The zero-order chi connectivity index (χ0) is 11.7. The van der Waals surface area contributed by atoms with E-state index in [0.29, 0.717) is 11.3 Å². The summed E-state index contributed by atoms with van der Waals surface area (Å²) in [5.74, 6) is -1.00. The second-order valence-corrected chi connectivity index (χ2v) is 3.47. The molecule has 0 fully saturated rings. The molecule has 1 heterocycles. The fraction of sp³-hybridized carbons (Fsp3) is 0.0909. The van der Waals surface area contributed by atoms with Gasteiger partial charge >= 0.3 is 5.97 Å². The van der Waals surface area contributed by atoms with Gasteiger partial charge in [-0.3, -0.25) is 4.79 Å². The van der Waals surface area contributed by atoms with Gasteiger partial charge in [0, 0.05) is 5.56 Å². The molecule has 0 N–H and O–H groups in total. The summed E-state index contributed by atoms with van der Waals surface area (Å²) in [6.45, 7) is 0. The highest BCUT2D eigenvalue weighted by Crippen LogP contribution is 2.30. The molecule has 5 heteroatoms. The molecule has 1 aromatic carbocycles. The van der Waals surface area contributed by atoms with Crippen molar-refractivity contribution in [1.82, 2.24) is 0 Å². The van der Waals surface area contributed by atoms with E-state index in [1.54, 1.807) is 31.4 Å². The molecule has 0 amide bonds. The van der Waals surface area contributed by atoms with Crippen LogP contribution in [0.15, 0.2) is 29.3 Å². The van der Waals surface area contributed by atoms with E-state index in [2.05, 4.69) is 0 Å². The van der Waals surface area contributed by atoms with Crippen LogP contribution in [0.4, 0.5) is 0 Å². The number of benzene rings is 1. The van der Waals surface area contributed by atoms with Crippen molar-refractivity contribution in [3.8, 4) is 5.75 Å². The Morgan fingerprint density at radius 1 is 1.19 bits per heavy atom. The van der Waals surface area contributed by atoms with Crippen molar-refractivity contribution in [1.29, 1.82) is 0 Å². The molecule has 82 valence electrons. The second-order valence-electron chi connectivity index (χ2n) is 3.09. The average molecular weight is 239 g/mol. The highest BCUT2D eigenvalue weighted by molar-refractivity contribution is 6.61. The fourth-order valence-corrected chi connectivity index (χ4v) is 1.53. The van der Waals surface area contributed by atoms with Gasteiger partial charge in [-0.1, -0.05) is 11.6 Å². The number of esters is 1. The minimum atomic E-state index is -0.948. The van der Waals surface area contributed by atoms with Crippen molar-refractivity contribution in [3.05, 3.63) is 34.9 Å². The lowest BCUT2D eigenvalue weighted by atomic mass is 10.1. The lowest BCUT2D eigenvalue weighted by molar-refractivity contribution is -0.144. The maximum atomic E-state index is 11.1. The number of ether oxygens (including phenoxy) is 2. The van der Waals surface area contributed by atoms with E-state index in [-0.39, 0.29) is 10.8 Å². The van der Waals surface area contributed by atoms with Gasteiger partial charge < -0.3 is 9.47 Å². The number of ketones is 1. The summed E-state index contributed by atoms with van der Waals surface area (Å²) in [5, 5.41) is -0.185. The second kappa shape index (κ2) is 3.98. The number of rotatable bonds is 2. The number of carbonyl (C=O) groups is 2. The molecule has 4 nitrogen and oxygen atoms in total. The van der Waals surface area contributed by atoms with Crippen molar-refractivity contribution >= 4 is 29.1 Å². The van der Waals surface area contributed by atoms with Crippen LogP contribution in [-0.4, -0.2) is 18.9 Å². The van der Waals surface area contributed by atoms with Gasteiger partial charge in [0.1, 0.15) is 10.8 Å². The van der Waals surface area contributed by atoms with Crippen LogP contribution in [0.25, 0.3) is 5.76 Å². The molecular formula is C11H7ClO4. The molecule has 0 unspecified atom stereocenters. The zero-order valence-corrected chi connectivity index (χ0v) is 9.08. The van der Waals surface area contributed by atoms with Crippen molar-refractivity contribution in [2.45, 2.75) is 0 Å². The first-order chi connectivity index (χ1) is 7.63. The third-order valence-electron chi connectivity index (χ3n) is 2.13. The predicted octanol–water partition coefficient (Wildman–Crippen LogP) is 1.73. The zero-order valence-electron chi connectivity index (χ0n) is 8.32. The number of hydrogen-bond acceptors (Lipinski definition) is 4. The summed E-state index contributed by atoms with van der Waals surface area (Å²) in [6.07, 6.45) is 0. The van der Waals surface area contributed by atoms with Crippen LogP contribution >= 0.6 is 11.6 Å². The van der Waals surface area contributed by atoms with Crippen molar-refractivity contribution in [2.75, 3.05) is 7.11 Å². The lowest BCUT2D eigenvalue weighted by Crippen LogP contribution is -2.07. The monoisotopic (exact) mass is 238 g/mol. The number of halogens is 1. The van der Waals surface area contributed by atoms with Crippen LogP contribution in [0, 0.1) is 0 Å². The number of methoxy groups -OCH3 is 1. The molecule has 1 aliphatic heterocycles. The molecule has 1 aliphatic rings. The summed E-state index contributed by atoms with van der Waals surface area (Å²) in [5.41, 5.74) is 0.560. The molecule has 0 spiro atoms. The van der Waals surface area contributed by atoms with E-state index in [4.69, 9.17) is 21.1 Å². The maximum Gasteiger partial charge on any atom is 0.386 e. The molecule has 0 radical (unpaired) electrons. The first-order valence-electron chi connectivity index (χ1n) is 4.44. The molecule has 0 saturated carbocycles. The van der Waals surface area contributed by atoms with E-state index < -0.39 is 11.8 Å². The first-order valence-corrected chi connectivity index (χ1v) is 4.82. The fourth-order valence-electron chi connectivity index (χ4n) is 1.30. The predicted molar refractivity (Wildman–Crippen MR) is 56.9 cm³/mol. The van der Waals surface area contributed by atoms with Gasteiger partial charge in [0.2, 0.25) is 0 Å². The molecule has 16 heavy (non-hydrogen) atoms. The van der Waals surface area contributed by atoms with E-state index in [1.165, 1.54) is 0 Å². The van der Waals surface area contributed by atoms with E-state index >= 15 is 0 Å². The van der Waals surface area contributed by atoms with Crippen LogP contribution in [0.1, 0.15) is 5.56 Å². The van der Waals surface area contributed by atoms with Gasteiger partial charge in [-0.25, -0.2) is 4.79 Å². The number of Topliss-reactive ketones (excluding diaryl/α,β-unsaturated/α-hetero) is 1. The van der Waals surface area contributed by atoms with Crippen LogP contribution in [0.5, 0.6) is 5.75 Å². The molecule has 0 bridgehead atoms. The summed E-state index contributed by atoms with van der Waals surface area (Å²) in [4.78, 5) is 22.1. The van der Waals surface area contributed by atoms with E-state index in [0.717, 1.165) is 0 Å². The van der Waals surface area contributed by atoms with Gasteiger partial charge in [0.15, 0.2) is 5.76 Å². The van der Waals surface area contributed by atoms with Crippen LogP contribution in [0.3, 0.4) is 0 Å². The number of hydrogen-bond donors (Lipinski definition) is 0. The molecule has 0 aromatic heterocycles. The molecule has 2 rings (SSSR count). The summed E-state index contributed by atoms with van der Waals surface area (Å²) < 4.78 is 9.74. The van der Waals surface area contributed by atoms with Crippen LogP contribution in [0.2, 0.25) is 0 Å². The Balaban J connectivity index is 2.38. The van der Waals surface area contributed by atoms with Crippen molar-refractivity contribution in [3.63, 3.8) is 0 Å². The Morgan fingerprint density at radius 2 is 1.81 bits per heavy atom. The van der Waals surface area contributed by atoms with E-state index in [9.17, 15) is 9.59 Å². The Labute approximate surface area is 96.4 Å². The van der Waals surface area contributed by atoms with Gasteiger partial charge in [-0.05, 0) is 24.3 Å². The molecule has 0 aliphatic carbocycles. The first kappa shape index (κ1) is 10.7. The highest BCUT2D eigenvalue weighted by atomic mass is 35.5. The Hall–Kier alpha value is -1.81. The van der Waals surface area contributed by atoms with Crippen LogP contribution < -0.4 is 4.74 Å². The van der Waals surface area contributed by atoms with Crippen LogP contribution in [-0.2, 0) is 14.3 Å². The van der Waals surface area contributed by atoms with Gasteiger partial charge in [0.05, 0.1) is 7.11 Å². The third kappa shape index (κ3) is 1.67. The molecule has 1 aromatic rings. The quantitative estimate of drug-likeness (QED) is 0.582. The summed E-state index contributed by atoms with van der Waals surface area (Å²) in [7, 11) is 1.54. The van der Waals surface area contributed by atoms with E-state index in [1.807, 2.05) is 0 Å². The minimum Gasteiger partial charge on any atom is -0.497 e. The van der Waals surface area contributed by atoms with Crippen molar-refractivity contribution in [2.24, 2.45) is 0 Å². The largest absolute Gasteiger partial charge is 0.497 e. The molecule has 0 atom stereocenters. The Morgan fingerprint density at radius 3 is 2.25 bits per heavy atom. The minimum absolute atomic E-state index is 0.0966. The van der Waals surface area contributed by atoms with Gasteiger partial charge in [-0.15, -0.1) is 0 Å². The van der Waals surface area contributed by atoms with Gasteiger partial charge in [-0.2, -0.15) is 0 Å². The number of cyclic esters (lactones) is 1. The topological polar surface area (TPSA) is 52.6 Å². The average Bonchev–Trinajstić information content (AvgIpc) is 2.57. The highest BCUT2D eigenvalue weighted by Gasteiger charge is 2.33.